The Hall–Kier alpha value is -0.370. The van der Waals surface area contributed by atoms with Crippen molar-refractivity contribution >= 4 is 5.78 Å². The van der Waals surface area contributed by atoms with Crippen LogP contribution in [0.4, 0.5) is 0 Å². The zero-order valence-electron chi connectivity index (χ0n) is 12.6. The molecule has 1 rings (SSSR count). The van der Waals surface area contributed by atoms with Gasteiger partial charge in [0.15, 0.2) is 5.78 Å². The predicted molar refractivity (Wildman–Crippen MR) is 73.0 cm³/mol. The molecular weight excluding hydrogens is 210 g/mol. The molecule has 1 fully saturated rings. The highest BCUT2D eigenvalue weighted by Crippen LogP contribution is 2.41. The summed E-state index contributed by atoms with van der Waals surface area (Å²) in [5.41, 5.74) is 0.168. The minimum Gasteiger partial charge on any atom is -0.298 e. The van der Waals surface area contributed by atoms with E-state index in [4.69, 9.17) is 0 Å². The monoisotopic (exact) mass is 239 g/mol. The molecule has 2 nitrogen and oxygen atoms in total. The van der Waals surface area contributed by atoms with E-state index in [0.29, 0.717) is 17.7 Å². The molecule has 2 heteroatoms. The Bertz CT molecular complexity index is 277. The quantitative estimate of drug-likeness (QED) is 0.752. The van der Waals surface area contributed by atoms with Gasteiger partial charge in [0.05, 0.1) is 6.04 Å². The summed E-state index contributed by atoms with van der Waals surface area (Å²) in [6.45, 7) is 13.3. The second-order valence-corrected chi connectivity index (χ2v) is 6.95. The molecule has 0 aromatic carbocycles. The molecule has 0 amide bonds. The van der Waals surface area contributed by atoms with E-state index in [1.54, 1.807) is 0 Å². The number of rotatable bonds is 3. The molecule has 0 spiro atoms. The average molecular weight is 239 g/mol. The van der Waals surface area contributed by atoms with Crippen LogP contribution in [0.2, 0.25) is 0 Å². The van der Waals surface area contributed by atoms with Crippen LogP contribution in [-0.2, 0) is 4.79 Å². The van der Waals surface area contributed by atoms with Crippen molar-refractivity contribution in [1.29, 1.82) is 0 Å². The van der Waals surface area contributed by atoms with Crippen LogP contribution in [0, 0.1) is 17.3 Å². The molecule has 1 saturated heterocycles. The number of carbonyl (C=O) groups is 1. The fourth-order valence-corrected chi connectivity index (χ4v) is 3.49. The highest BCUT2D eigenvalue weighted by molar-refractivity contribution is 5.89. The van der Waals surface area contributed by atoms with Crippen molar-refractivity contribution in [3.05, 3.63) is 0 Å². The highest BCUT2D eigenvalue weighted by atomic mass is 16.1. The van der Waals surface area contributed by atoms with Crippen molar-refractivity contribution in [2.75, 3.05) is 7.05 Å². The standard InChI is InChI=1S/C15H29NO/c1-8-9-11-13(17)12(10(2)3)14(16(11)7)15(4,5)6/h10-12,14H,8-9H2,1-7H3. The molecule has 100 valence electrons. The normalized spacial score (nSPS) is 31.5. The molecule has 0 saturated carbocycles. The minimum absolute atomic E-state index is 0.150. The molecule has 0 aromatic rings. The molecule has 3 atom stereocenters. The summed E-state index contributed by atoms with van der Waals surface area (Å²) in [6, 6.07) is 0.531. The van der Waals surface area contributed by atoms with Crippen LogP contribution in [0.15, 0.2) is 0 Å². The lowest BCUT2D eigenvalue weighted by atomic mass is 9.74. The lowest BCUT2D eigenvalue weighted by molar-refractivity contribution is -0.124. The lowest BCUT2D eigenvalue weighted by Gasteiger charge is -2.38. The zero-order valence-corrected chi connectivity index (χ0v) is 12.6. The van der Waals surface area contributed by atoms with Gasteiger partial charge in [0.25, 0.3) is 0 Å². The van der Waals surface area contributed by atoms with Crippen LogP contribution in [0.25, 0.3) is 0 Å². The van der Waals surface area contributed by atoms with Crippen molar-refractivity contribution in [3.63, 3.8) is 0 Å². The number of ketones is 1. The number of carbonyl (C=O) groups excluding carboxylic acids is 1. The first-order valence-corrected chi connectivity index (χ1v) is 6.97. The molecule has 1 aliphatic heterocycles. The van der Waals surface area contributed by atoms with Crippen LogP contribution >= 0.6 is 0 Å². The number of nitrogens with zero attached hydrogens (tertiary/aromatic N) is 1. The molecule has 0 aliphatic carbocycles. The number of Topliss-reactive ketones (excluding diaryl/α,β-unsaturated/α-hetero) is 1. The fourth-order valence-electron chi connectivity index (χ4n) is 3.49. The van der Waals surface area contributed by atoms with Gasteiger partial charge in [-0.15, -0.1) is 0 Å². The smallest absolute Gasteiger partial charge is 0.154 e. The maximum Gasteiger partial charge on any atom is 0.154 e. The summed E-state index contributed by atoms with van der Waals surface area (Å²) in [5, 5.41) is 0. The molecule has 1 heterocycles. The summed E-state index contributed by atoms with van der Waals surface area (Å²) < 4.78 is 0. The van der Waals surface area contributed by atoms with E-state index in [0.717, 1.165) is 12.8 Å². The zero-order chi connectivity index (χ0) is 13.4. The van der Waals surface area contributed by atoms with E-state index in [1.807, 2.05) is 0 Å². The SMILES string of the molecule is CCCC1C(=O)C(C(C)C)C(C(C)(C)C)N1C. The lowest BCUT2D eigenvalue weighted by Crippen LogP contribution is -2.44. The predicted octanol–water partition coefficient (Wildman–Crippen LogP) is 3.36. The maximum absolute atomic E-state index is 12.6. The molecule has 0 radical (unpaired) electrons. The molecular formula is C15H29NO. The third-order valence-corrected chi connectivity index (χ3v) is 4.10. The van der Waals surface area contributed by atoms with Gasteiger partial charge in [0.1, 0.15) is 0 Å². The van der Waals surface area contributed by atoms with E-state index < -0.39 is 0 Å². The van der Waals surface area contributed by atoms with Crippen molar-refractivity contribution < 1.29 is 4.79 Å². The Morgan fingerprint density at radius 2 is 1.82 bits per heavy atom. The first-order chi connectivity index (χ1) is 7.71. The van der Waals surface area contributed by atoms with Gasteiger partial charge in [0, 0.05) is 12.0 Å². The summed E-state index contributed by atoms with van der Waals surface area (Å²) in [6.07, 6.45) is 2.09. The van der Waals surface area contributed by atoms with Crippen LogP contribution in [0.5, 0.6) is 0 Å². The molecule has 0 aromatic heterocycles. The molecule has 3 unspecified atom stereocenters. The Morgan fingerprint density at radius 1 is 1.29 bits per heavy atom. The Kier molecular flexibility index (Phi) is 4.40. The number of likely N-dealkylation sites (tertiary alicyclic amines) is 1. The van der Waals surface area contributed by atoms with Crippen LogP contribution in [-0.4, -0.2) is 29.8 Å². The summed E-state index contributed by atoms with van der Waals surface area (Å²) in [7, 11) is 2.14. The second-order valence-electron chi connectivity index (χ2n) is 6.95. The molecule has 0 bridgehead atoms. The number of hydrogen-bond acceptors (Lipinski definition) is 2. The van der Waals surface area contributed by atoms with E-state index in [2.05, 4.69) is 53.5 Å². The van der Waals surface area contributed by atoms with E-state index in [1.165, 1.54) is 0 Å². The Labute approximate surface area is 107 Å². The van der Waals surface area contributed by atoms with Crippen LogP contribution in [0.1, 0.15) is 54.4 Å². The van der Waals surface area contributed by atoms with Crippen LogP contribution < -0.4 is 0 Å². The Morgan fingerprint density at radius 3 is 2.12 bits per heavy atom. The topological polar surface area (TPSA) is 20.3 Å². The van der Waals surface area contributed by atoms with E-state index >= 15 is 0 Å². The van der Waals surface area contributed by atoms with Crippen molar-refractivity contribution in [2.45, 2.75) is 66.5 Å². The maximum atomic E-state index is 12.6. The summed E-state index contributed by atoms with van der Waals surface area (Å²) in [5.74, 6) is 1.12. The summed E-state index contributed by atoms with van der Waals surface area (Å²) >= 11 is 0. The highest BCUT2D eigenvalue weighted by Gasteiger charge is 2.50. The van der Waals surface area contributed by atoms with Gasteiger partial charge in [-0.3, -0.25) is 9.69 Å². The van der Waals surface area contributed by atoms with Gasteiger partial charge in [-0.25, -0.2) is 0 Å². The van der Waals surface area contributed by atoms with Gasteiger partial charge in [0.2, 0.25) is 0 Å². The van der Waals surface area contributed by atoms with Gasteiger partial charge < -0.3 is 0 Å². The van der Waals surface area contributed by atoms with Gasteiger partial charge in [-0.05, 0) is 24.8 Å². The van der Waals surface area contributed by atoms with Gasteiger partial charge in [-0.2, -0.15) is 0 Å². The third kappa shape index (κ3) is 2.73. The number of likely N-dealkylation sites (N-methyl/N-ethyl adjacent to an activating group) is 1. The largest absolute Gasteiger partial charge is 0.298 e. The second kappa shape index (κ2) is 5.09. The number of hydrogen-bond donors (Lipinski definition) is 0. The molecule has 17 heavy (non-hydrogen) atoms. The third-order valence-electron chi connectivity index (χ3n) is 4.10. The van der Waals surface area contributed by atoms with Gasteiger partial charge >= 0.3 is 0 Å². The molecule has 1 aliphatic rings. The molecule has 0 N–H and O–H groups in total. The Balaban J connectivity index is 3.05. The van der Waals surface area contributed by atoms with E-state index in [9.17, 15) is 4.79 Å². The minimum atomic E-state index is 0.150. The van der Waals surface area contributed by atoms with Crippen molar-refractivity contribution in [1.82, 2.24) is 4.90 Å². The van der Waals surface area contributed by atoms with Gasteiger partial charge in [-0.1, -0.05) is 48.0 Å². The first-order valence-electron chi connectivity index (χ1n) is 6.97. The van der Waals surface area contributed by atoms with E-state index in [-0.39, 0.29) is 17.4 Å². The first kappa shape index (κ1) is 14.7. The fraction of sp³-hybridized carbons (Fsp3) is 0.933. The average Bonchev–Trinajstić information content (AvgIpc) is 2.41. The van der Waals surface area contributed by atoms with Crippen LogP contribution in [0.3, 0.4) is 0 Å². The van der Waals surface area contributed by atoms with Crippen molar-refractivity contribution in [2.24, 2.45) is 17.3 Å². The summed E-state index contributed by atoms with van der Waals surface area (Å²) in [4.78, 5) is 14.9. The van der Waals surface area contributed by atoms with Crippen molar-refractivity contribution in [3.8, 4) is 0 Å².